The minimum Gasteiger partial charge on any atom is -0.460 e. The van der Waals surface area contributed by atoms with Gasteiger partial charge in [-0.05, 0) is 42.2 Å². The number of hydrogen-bond donors (Lipinski definition) is 0. The maximum absolute atomic E-state index is 12.0. The topological polar surface area (TPSA) is 43.4 Å². The zero-order valence-electron chi connectivity index (χ0n) is 10.7. The van der Waals surface area contributed by atoms with E-state index in [0.717, 1.165) is 33.7 Å². The number of ketones is 1. The summed E-state index contributed by atoms with van der Waals surface area (Å²) < 4.78 is 6.73. The molecule has 0 radical (unpaired) electrons. The molecule has 0 saturated carbocycles. The van der Waals surface area contributed by atoms with Gasteiger partial charge in [0.2, 0.25) is 0 Å². The summed E-state index contributed by atoms with van der Waals surface area (Å²) in [5.41, 5.74) is 1.34. The van der Waals surface area contributed by atoms with Gasteiger partial charge in [0.05, 0.1) is 6.61 Å². The van der Waals surface area contributed by atoms with E-state index in [1.54, 1.807) is 19.1 Å². The summed E-state index contributed by atoms with van der Waals surface area (Å²) in [6.07, 6.45) is 2.87. The third-order valence-corrected chi connectivity index (χ3v) is 4.14. The van der Waals surface area contributed by atoms with Crippen LogP contribution in [-0.2, 0) is 16.0 Å². The molecule has 1 rings (SSSR count). The van der Waals surface area contributed by atoms with Gasteiger partial charge in [-0.25, -0.2) is 4.79 Å². The first-order chi connectivity index (χ1) is 9.11. The lowest BCUT2D eigenvalue weighted by Crippen LogP contribution is -2.19. The van der Waals surface area contributed by atoms with E-state index in [0.29, 0.717) is 5.56 Å². The highest BCUT2D eigenvalue weighted by atomic mass is 127. The van der Waals surface area contributed by atoms with Crippen molar-refractivity contribution >= 4 is 50.3 Å². The Morgan fingerprint density at radius 1 is 1.32 bits per heavy atom. The van der Waals surface area contributed by atoms with Crippen molar-refractivity contribution in [3.05, 3.63) is 33.8 Å². The standard InChI is InChI=1S/C14H16BrIO3/c1-2-19-14(18)13(17)11-7-5-8-12(15)10(11)6-3-4-9-16/h5,7-8H,2-4,6,9H2,1H3. The molecule has 0 saturated heterocycles. The van der Waals surface area contributed by atoms with Crippen molar-refractivity contribution in [2.24, 2.45) is 0 Å². The fourth-order valence-electron chi connectivity index (χ4n) is 1.73. The van der Waals surface area contributed by atoms with Gasteiger partial charge >= 0.3 is 5.97 Å². The summed E-state index contributed by atoms with van der Waals surface area (Å²) in [5.74, 6) is -1.34. The number of carbonyl (C=O) groups is 2. The van der Waals surface area contributed by atoms with Crippen molar-refractivity contribution < 1.29 is 14.3 Å². The summed E-state index contributed by atoms with van der Waals surface area (Å²) in [6, 6.07) is 5.34. The second-order valence-electron chi connectivity index (χ2n) is 3.96. The van der Waals surface area contributed by atoms with Gasteiger partial charge in [0.25, 0.3) is 5.78 Å². The van der Waals surface area contributed by atoms with Crippen molar-refractivity contribution in [2.75, 3.05) is 11.0 Å². The minimum absolute atomic E-state index is 0.211. The molecule has 0 aliphatic heterocycles. The third kappa shape index (κ3) is 4.87. The molecule has 104 valence electrons. The van der Waals surface area contributed by atoms with Crippen molar-refractivity contribution in [1.82, 2.24) is 0 Å². The third-order valence-electron chi connectivity index (χ3n) is 2.63. The monoisotopic (exact) mass is 438 g/mol. The van der Waals surface area contributed by atoms with E-state index < -0.39 is 11.8 Å². The smallest absolute Gasteiger partial charge is 0.379 e. The molecular formula is C14H16BrIO3. The first-order valence-electron chi connectivity index (χ1n) is 6.16. The highest BCUT2D eigenvalue weighted by Gasteiger charge is 2.21. The number of hydrogen-bond acceptors (Lipinski definition) is 3. The van der Waals surface area contributed by atoms with Crippen LogP contribution < -0.4 is 0 Å². The number of benzene rings is 1. The van der Waals surface area contributed by atoms with Gasteiger partial charge in [-0.3, -0.25) is 4.79 Å². The van der Waals surface area contributed by atoms with Crippen molar-refractivity contribution in [3.8, 4) is 0 Å². The Morgan fingerprint density at radius 2 is 2.05 bits per heavy atom. The normalized spacial score (nSPS) is 10.3. The Hall–Kier alpha value is -0.430. The first-order valence-corrected chi connectivity index (χ1v) is 8.48. The molecule has 0 amide bonds. The highest BCUT2D eigenvalue weighted by Crippen LogP contribution is 2.23. The van der Waals surface area contributed by atoms with Gasteiger partial charge in [0.1, 0.15) is 0 Å². The van der Waals surface area contributed by atoms with Crippen molar-refractivity contribution in [1.29, 1.82) is 0 Å². The van der Waals surface area contributed by atoms with Crippen LogP contribution in [0.3, 0.4) is 0 Å². The molecule has 1 aromatic carbocycles. The predicted octanol–water partition coefficient (Wildman–Crippen LogP) is 3.95. The van der Waals surface area contributed by atoms with Crippen LogP contribution in [0.25, 0.3) is 0 Å². The highest BCUT2D eigenvalue weighted by molar-refractivity contribution is 14.1. The van der Waals surface area contributed by atoms with Crippen LogP contribution >= 0.6 is 38.5 Å². The van der Waals surface area contributed by atoms with Crippen LogP contribution in [0, 0.1) is 0 Å². The first kappa shape index (κ1) is 16.6. The Labute approximate surface area is 135 Å². The second kappa shape index (κ2) is 8.68. The molecule has 0 bridgehead atoms. The second-order valence-corrected chi connectivity index (χ2v) is 5.89. The SMILES string of the molecule is CCOC(=O)C(=O)c1cccc(Br)c1CCCCI. The Morgan fingerprint density at radius 3 is 2.68 bits per heavy atom. The van der Waals surface area contributed by atoms with Gasteiger partial charge in [-0.2, -0.15) is 0 Å². The Balaban J connectivity index is 2.96. The number of unbranched alkanes of at least 4 members (excludes halogenated alkanes) is 1. The molecule has 0 atom stereocenters. The van der Waals surface area contributed by atoms with Crippen LogP contribution in [0.2, 0.25) is 0 Å². The molecule has 0 spiro atoms. The summed E-state index contributed by atoms with van der Waals surface area (Å²) in [6.45, 7) is 1.90. The maximum Gasteiger partial charge on any atom is 0.379 e. The molecular weight excluding hydrogens is 423 g/mol. The van der Waals surface area contributed by atoms with Gasteiger partial charge < -0.3 is 4.74 Å². The van der Waals surface area contributed by atoms with Gasteiger partial charge in [-0.1, -0.05) is 50.7 Å². The van der Waals surface area contributed by atoms with E-state index in [-0.39, 0.29) is 6.61 Å². The van der Waals surface area contributed by atoms with Crippen LogP contribution in [0.15, 0.2) is 22.7 Å². The number of ether oxygens (including phenoxy) is 1. The number of Topliss-reactive ketones (excluding diaryl/α,β-unsaturated/α-hetero) is 1. The number of rotatable bonds is 7. The Kier molecular flexibility index (Phi) is 7.60. The average Bonchev–Trinajstić information content (AvgIpc) is 2.40. The molecule has 19 heavy (non-hydrogen) atoms. The minimum atomic E-state index is -0.782. The molecule has 0 heterocycles. The van der Waals surface area contributed by atoms with Crippen molar-refractivity contribution in [2.45, 2.75) is 26.2 Å². The average molecular weight is 439 g/mol. The molecule has 0 aliphatic rings. The Bertz CT molecular complexity index is 460. The van der Waals surface area contributed by atoms with E-state index in [9.17, 15) is 9.59 Å². The zero-order valence-corrected chi connectivity index (χ0v) is 14.5. The number of alkyl halides is 1. The fraction of sp³-hybridized carbons (Fsp3) is 0.429. The number of carbonyl (C=O) groups excluding carboxylic acids is 2. The van der Waals surface area contributed by atoms with E-state index in [4.69, 9.17) is 4.74 Å². The lowest BCUT2D eigenvalue weighted by atomic mass is 9.99. The quantitative estimate of drug-likeness (QED) is 0.162. The molecule has 1 aromatic rings. The summed E-state index contributed by atoms with van der Waals surface area (Å²) in [5, 5.41) is 0. The summed E-state index contributed by atoms with van der Waals surface area (Å²) in [7, 11) is 0. The molecule has 0 aliphatic carbocycles. The zero-order chi connectivity index (χ0) is 14.3. The molecule has 0 aromatic heterocycles. The van der Waals surface area contributed by atoms with E-state index in [1.807, 2.05) is 6.07 Å². The van der Waals surface area contributed by atoms with Crippen LogP contribution in [0.4, 0.5) is 0 Å². The number of halogens is 2. The molecule has 5 heteroatoms. The van der Waals surface area contributed by atoms with E-state index >= 15 is 0 Å². The van der Waals surface area contributed by atoms with Gasteiger partial charge in [0, 0.05) is 10.0 Å². The molecule has 3 nitrogen and oxygen atoms in total. The molecule has 0 N–H and O–H groups in total. The lowest BCUT2D eigenvalue weighted by Gasteiger charge is -2.10. The largest absolute Gasteiger partial charge is 0.460 e. The lowest BCUT2D eigenvalue weighted by molar-refractivity contribution is -0.137. The van der Waals surface area contributed by atoms with Crippen LogP contribution in [-0.4, -0.2) is 22.8 Å². The van der Waals surface area contributed by atoms with E-state index in [1.165, 1.54) is 0 Å². The van der Waals surface area contributed by atoms with Gasteiger partial charge in [0.15, 0.2) is 0 Å². The predicted molar refractivity (Wildman–Crippen MR) is 86.9 cm³/mol. The van der Waals surface area contributed by atoms with Crippen LogP contribution in [0.1, 0.15) is 35.7 Å². The summed E-state index contributed by atoms with van der Waals surface area (Å²) in [4.78, 5) is 23.6. The fourth-order valence-corrected chi connectivity index (χ4v) is 2.83. The molecule has 0 fully saturated rings. The molecule has 0 unspecified atom stereocenters. The van der Waals surface area contributed by atoms with E-state index in [2.05, 4.69) is 38.5 Å². The van der Waals surface area contributed by atoms with Crippen molar-refractivity contribution in [3.63, 3.8) is 0 Å². The summed E-state index contributed by atoms with van der Waals surface area (Å²) >= 11 is 5.78. The van der Waals surface area contributed by atoms with Gasteiger partial charge in [-0.15, -0.1) is 0 Å². The maximum atomic E-state index is 12.0. The number of esters is 1. The van der Waals surface area contributed by atoms with Crippen LogP contribution in [0.5, 0.6) is 0 Å².